The summed E-state index contributed by atoms with van der Waals surface area (Å²) in [6, 6.07) is 7.82. The van der Waals surface area contributed by atoms with Gasteiger partial charge in [0.05, 0.1) is 13.2 Å². The molecule has 0 aliphatic heterocycles. The second kappa shape index (κ2) is 6.92. The molecule has 0 aliphatic carbocycles. The fourth-order valence-electron chi connectivity index (χ4n) is 2.05. The third kappa shape index (κ3) is 3.62. The molecule has 0 fully saturated rings. The summed E-state index contributed by atoms with van der Waals surface area (Å²) < 4.78 is 11.2. The van der Waals surface area contributed by atoms with Crippen molar-refractivity contribution >= 4 is 5.82 Å². The number of methoxy groups -OCH3 is 1. The van der Waals surface area contributed by atoms with Crippen LogP contribution in [0, 0.1) is 0 Å². The molecule has 0 saturated heterocycles. The number of hydrogen-bond donors (Lipinski definition) is 1. The van der Waals surface area contributed by atoms with Crippen molar-refractivity contribution in [2.75, 3.05) is 19.0 Å². The first-order valence-corrected chi connectivity index (χ1v) is 7.05. The predicted octanol–water partition coefficient (Wildman–Crippen LogP) is 3.37. The minimum atomic E-state index is 0.130. The second-order valence-electron chi connectivity index (χ2n) is 4.83. The molecule has 0 unspecified atom stereocenters. The van der Waals surface area contributed by atoms with Crippen molar-refractivity contribution in [3.05, 3.63) is 30.6 Å². The Hall–Kier alpha value is -2.30. The van der Waals surface area contributed by atoms with Crippen molar-refractivity contribution < 1.29 is 9.47 Å². The molecule has 0 atom stereocenters. The molecule has 21 heavy (non-hydrogen) atoms. The standard InChI is InChI=1S/C16H21N3O2/c1-5-17-16-15(20-4)14(18-10-19-16)12-7-6-8-13(9-12)21-11(2)3/h6-11H,5H2,1-4H3,(H,17,18,19). The van der Waals surface area contributed by atoms with E-state index >= 15 is 0 Å². The summed E-state index contributed by atoms with van der Waals surface area (Å²) in [5, 5.41) is 3.18. The highest BCUT2D eigenvalue weighted by Crippen LogP contribution is 2.34. The Balaban J connectivity index is 2.43. The van der Waals surface area contributed by atoms with Gasteiger partial charge in [0.1, 0.15) is 17.8 Å². The first kappa shape index (κ1) is 15.1. The van der Waals surface area contributed by atoms with Gasteiger partial charge in [-0.15, -0.1) is 0 Å². The van der Waals surface area contributed by atoms with Crippen molar-refractivity contribution in [3.8, 4) is 22.8 Å². The number of anilines is 1. The number of hydrogen-bond acceptors (Lipinski definition) is 5. The molecule has 2 rings (SSSR count). The Morgan fingerprint density at radius 1 is 1.24 bits per heavy atom. The molecule has 0 radical (unpaired) electrons. The Labute approximate surface area is 125 Å². The maximum Gasteiger partial charge on any atom is 0.187 e. The highest BCUT2D eigenvalue weighted by Gasteiger charge is 2.14. The second-order valence-corrected chi connectivity index (χ2v) is 4.83. The van der Waals surface area contributed by atoms with Crippen molar-refractivity contribution in [1.29, 1.82) is 0 Å². The summed E-state index contributed by atoms with van der Waals surface area (Å²) in [5.74, 6) is 2.15. The van der Waals surface area contributed by atoms with Crippen LogP contribution in [-0.2, 0) is 0 Å². The average Bonchev–Trinajstić information content (AvgIpc) is 2.47. The van der Waals surface area contributed by atoms with Gasteiger partial charge in [0.2, 0.25) is 0 Å². The molecule has 0 bridgehead atoms. The largest absolute Gasteiger partial charge is 0.491 e. The van der Waals surface area contributed by atoms with Crippen LogP contribution < -0.4 is 14.8 Å². The monoisotopic (exact) mass is 287 g/mol. The van der Waals surface area contributed by atoms with E-state index in [9.17, 15) is 0 Å². The molecular formula is C16H21N3O2. The van der Waals surface area contributed by atoms with Gasteiger partial charge in [-0.05, 0) is 32.9 Å². The topological polar surface area (TPSA) is 56.3 Å². The van der Waals surface area contributed by atoms with Gasteiger partial charge in [-0.25, -0.2) is 9.97 Å². The van der Waals surface area contributed by atoms with Crippen LogP contribution in [0.4, 0.5) is 5.82 Å². The van der Waals surface area contributed by atoms with Crippen molar-refractivity contribution in [2.24, 2.45) is 0 Å². The zero-order chi connectivity index (χ0) is 15.2. The van der Waals surface area contributed by atoms with Crippen LogP contribution in [-0.4, -0.2) is 29.7 Å². The number of nitrogens with one attached hydrogen (secondary N) is 1. The highest BCUT2D eigenvalue weighted by atomic mass is 16.5. The van der Waals surface area contributed by atoms with Gasteiger partial charge in [-0.2, -0.15) is 0 Å². The quantitative estimate of drug-likeness (QED) is 0.882. The lowest BCUT2D eigenvalue weighted by Crippen LogP contribution is -2.06. The zero-order valence-corrected chi connectivity index (χ0v) is 12.9. The molecule has 0 amide bonds. The van der Waals surface area contributed by atoms with E-state index < -0.39 is 0 Å². The smallest absolute Gasteiger partial charge is 0.187 e. The first-order chi connectivity index (χ1) is 10.2. The third-order valence-corrected chi connectivity index (χ3v) is 2.83. The van der Waals surface area contributed by atoms with Crippen LogP contribution in [0.25, 0.3) is 11.3 Å². The normalized spacial score (nSPS) is 10.5. The maximum atomic E-state index is 5.73. The van der Waals surface area contributed by atoms with E-state index in [1.54, 1.807) is 7.11 Å². The van der Waals surface area contributed by atoms with Gasteiger partial charge in [-0.3, -0.25) is 0 Å². The summed E-state index contributed by atoms with van der Waals surface area (Å²) in [6.45, 7) is 6.78. The van der Waals surface area contributed by atoms with E-state index in [1.807, 2.05) is 45.0 Å². The lowest BCUT2D eigenvalue weighted by molar-refractivity contribution is 0.242. The summed E-state index contributed by atoms with van der Waals surface area (Å²) in [6.07, 6.45) is 1.66. The lowest BCUT2D eigenvalue weighted by Gasteiger charge is -2.14. The SMILES string of the molecule is CCNc1ncnc(-c2cccc(OC(C)C)c2)c1OC. The van der Waals surface area contributed by atoms with Crippen LogP contribution in [0.3, 0.4) is 0 Å². The number of nitrogens with zero attached hydrogens (tertiary/aromatic N) is 2. The molecule has 1 N–H and O–H groups in total. The van der Waals surface area contributed by atoms with E-state index in [1.165, 1.54) is 6.33 Å². The third-order valence-electron chi connectivity index (χ3n) is 2.83. The van der Waals surface area contributed by atoms with Crippen LogP contribution in [0.15, 0.2) is 30.6 Å². The molecule has 0 aliphatic rings. The van der Waals surface area contributed by atoms with Gasteiger partial charge in [0, 0.05) is 12.1 Å². The van der Waals surface area contributed by atoms with E-state index in [0.717, 1.165) is 23.6 Å². The van der Waals surface area contributed by atoms with Gasteiger partial charge < -0.3 is 14.8 Å². The fourth-order valence-corrected chi connectivity index (χ4v) is 2.05. The molecule has 5 heteroatoms. The zero-order valence-electron chi connectivity index (χ0n) is 12.9. The molecule has 0 spiro atoms. The van der Waals surface area contributed by atoms with Crippen LogP contribution in [0.1, 0.15) is 20.8 Å². The van der Waals surface area contributed by atoms with E-state index in [4.69, 9.17) is 9.47 Å². The van der Waals surface area contributed by atoms with Gasteiger partial charge in [-0.1, -0.05) is 12.1 Å². The number of rotatable bonds is 6. The molecule has 1 aromatic carbocycles. The van der Waals surface area contributed by atoms with Crippen molar-refractivity contribution in [2.45, 2.75) is 26.9 Å². The van der Waals surface area contributed by atoms with Gasteiger partial charge in [0.25, 0.3) is 0 Å². The maximum absolute atomic E-state index is 5.73. The van der Waals surface area contributed by atoms with Crippen molar-refractivity contribution in [1.82, 2.24) is 9.97 Å². The molecule has 5 nitrogen and oxygen atoms in total. The van der Waals surface area contributed by atoms with Gasteiger partial charge >= 0.3 is 0 Å². The molecular weight excluding hydrogens is 266 g/mol. The first-order valence-electron chi connectivity index (χ1n) is 7.05. The minimum Gasteiger partial charge on any atom is -0.491 e. The van der Waals surface area contributed by atoms with Gasteiger partial charge in [0.15, 0.2) is 11.6 Å². The molecule has 1 heterocycles. The number of aromatic nitrogens is 2. The Morgan fingerprint density at radius 3 is 2.71 bits per heavy atom. The fraction of sp³-hybridized carbons (Fsp3) is 0.375. The Kier molecular flexibility index (Phi) is 4.98. The van der Waals surface area contributed by atoms with E-state index in [-0.39, 0.29) is 6.10 Å². The summed E-state index contributed by atoms with van der Waals surface area (Å²) in [7, 11) is 1.62. The van der Waals surface area contributed by atoms with Crippen LogP contribution in [0.2, 0.25) is 0 Å². The highest BCUT2D eigenvalue weighted by molar-refractivity contribution is 5.73. The molecule has 112 valence electrons. The molecule has 2 aromatic rings. The summed E-state index contributed by atoms with van der Waals surface area (Å²) >= 11 is 0. The summed E-state index contributed by atoms with van der Waals surface area (Å²) in [5.41, 5.74) is 1.68. The molecule has 0 saturated carbocycles. The Morgan fingerprint density at radius 2 is 2.05 bits per heavy atom. The minimum absolute atomic E-state index is 0.130. The Bertz CT molecular complexity index is 600. The summed E-state index contributed by atoms with van der Waals surface area (Å²) in [4.78, 5) is 8.57. The van der Waals surface area contributed by atoms with E-state index in [2.05, 4.69) is 15.3 Å². The van der Waals surface area contributed by atoms with Crippen LogP contribution in [0.5, 0.6) is 11.5 Å². The van der Waals surface area contributed by atoms with E-state index in [0.29, 0.717) is 11.6 Å². The lowest BCUT2D eigenvalue weighted by atomic mass is 10.1. The number of benzene rings is 1. The van der Waals surface area contributed by atoms with Crippen LogP contribution >= 0.6 is 0 Å². The predicted molar refractivity (Wildman–Crippen MR) is 83.9 cm³/mol. The number of ether oxygens (including phenoxy) is 2. The molecule has 1 aromatic heterocycles. The van der Waals surface area contributed by atoms with Crippen molar-refractivity contribution in [3.63, 3.8) is 0 Å². The average molecular weight is 287 g/mol.